The molecule has 0 aliphatic heterocycles. The van der Waals surface area contributed by atoms with Crippen molar-refractivity contribution in [3.8, 4) is 0 Å². The van der Waals surface area contributed by atoms with E-state index in [1.54, 1.807) is 48.3 Å². The number of likely N-dealkylation sites (N-methyl/N-ethyl adjacent to an activating group) is 1. The molecule has 150 valence electrons. The summed E-state index contributed by atoms with van der Waals surface area (Å²) in [4.78, 5) is 14.9. The van der Waals surface area contributed by atoms with Gasteiger partial charge in [-0.3, -0.25) is 9.10 Å². The molecule has 0 spiro atoms. The molecular formula is C22H28N2O3S. The molecule has 0 radical (unpaired) electrons. The van der Waals surface area contributed by atoms with Crippen LogP contribution < -0.4 is 4.31 Å². The van der Waals surface area contributed by atoms with E-state index in [2.05, 4.69) is 0 Å². The van der Waals surface area contributed by atoms with Crippen LogP contribution in [0.1, 0.15) is 36.8 Å². The predicted molar refractivity (Wildman–Crippen MR) is 112 cm³/mol. The Kier molecular flexibility index (Phi) is 6.08. The molecule has 2 aromatic carbocycles. The highest BCUT2D eigenvalue weighted by Gasteiger charge is 2.30. The largest absolute Gasteiger partial charge is 0.341 e. The van der Waals surface area contributed by atoms with Gasteiger partial charge in [0.2, 0.25) is 5.91 Å². The van der Waals surface area contributed by atoms with Gasteiger partial charge in [-0.25, -0.2) is 8.42 Å². The van der Waals surface area contributed by atoms with E-state index in [-0.39, 0.29) is 23.4 Å². The third-order valence-electron chi connectivity index (χ3n) is 5.44. The lowest BCUT2D eigenvalue weighted by molar-refractivity contribution is -0.130. The van der Waals surface area contributed by atoms with Gasteiger partial charge >= 0.3 is 0 Å². The fourth-order valence-electron chi connectivity index (χ4n) is 3.67. The zero-order valence-electron chi connectivity index (χ0n) is 16.8. The van der Waals surface area contributed by atoms with E-state index in [1.165, 1.54) is 4.31 Å². The molecule has 0 aromatic heterocycles. The molecule has 1 aliphatic rings. The van der Waals surface area contributed by atoms with Crippen LogP contribution in [-0.2, 0) is 14.8 Å². The lowest BCUT2D eigenvalue weighted by Crippen LogP contribution is -2.44. The number of anilines is 1. The number of hydrogen-bond acceptors (Lipinski definition) is 3. The van der Waals surface area contributed by atoms with Gasteiger partial charge in [0.05, 0.1) is 10.6 Å². The number of carbonyl (C=O) groups excluding carboxylic acids is 1. The summed E-state index contributed by atoms with van der Waals surface area (Å²) in [6.45, 7) is 3.62. The van der Waals surface area contributed by atoms with E-state index in [9.17, 15) is 13.2 Å². The Balaban J connectivity index is 1.95. The van der Waals surface area contributed by atoms with E-state index in [0.29, 0.717) is 5.69 Å². The number of aryl methyl sites for hydroxylation is 2. The van der Waals surface area contributed by atoms with Crippen molar-refractivity contribution in [3.05, 3.63) is 59.7 Å². The second kappa shape index (κ2) is 8.35. The van der Waals surface area contributed by atoms with Gasteiger partial charge in [0, 0.05) is 13.1 Å². The van der Waals surface area contributed by atoms with Crippen molar-refractivity contribution in [3.63, 3.8) is 0 Å². The molecule has 28 heavy (non-hydrogen) atoms. The van der Waals surface area contributed by atoms with Gasteiger partial charge in [-0.1, -0.05) is 42.7 Å². The number of hydrogen-bond donors (Lipinski definition) is 0. The first-order valence-electron chi connectivity index (χ1n) is 9.71. The molecule has 0 atom stereocenters. The Morgan fingerprint density at radius 1 is 1.00 bits per heavy atom. The molecule has 1 aliphatic carbocycles. The normalized spacial score (nSPS) is 14.8. The lowest BCUT2D eigenvalue weighted by Gasteiger charge is -2.29. The summed E-state index contributed by atoms with van der Waals surface area (Å²) in [5.41, 5.74) is 2.44. The average Bonchev–Trinajstić information content (AvgIpc) is 3.20. The van der Waals surface area contributed by atoms with Crippen LogP contribution in [0, 0.1) is 13.8 Å². The molecule has 0 bridgehead atoms. The minimum atomic E-state index is -3.85. The molecule has 2 aromatic rings. The zero-order valence-corrected chi connectivity index (χ0v) is 17.6. The van der Waals surface area contributed by atoms with Gasteiger partial charge < -0.3 is 4.90 Å². The first-order valence-corrected chi connectivity index (χ1v) is 11.1. The lowest BCUT2D eigenvalue weighted by atomic mass is 10.2. The molecule has 1 fully saturated rings. The molecule has 5 nitrogen and oxygen atoms in total. The van der Waals surface area contributed by atoms with Gasteiger partial charge in [-0.2, -0.15) is 0 Å². The topological polar surface area (TPSA) is 57.7 Å². The first-order chi connectivity index (χ1) is 13.3. The summed E-state index contributed by atoms with van der Waals surface area (Å²) in [6, 6.07) is 14.2. The van der Waals surface area contributed by atoms with Crippen molar-refractivity contribution < 1.29 is 13.2 Å². The maximum atomic E-state index is 13.4. The summed E-state index contributed by atoms with van der Waals surface area (Å²) in [5.74, 6) is -0.177. The summed E-state index contributed by atoms with van der Waals surface area (Å²) in [7, 11) is -2.07. The number of nitrogens with zero attached hydrogens (tertiary/aromatic N) is 2. The minimum absolute atomic E-state index is 0.177. The van der Waals surface area contributed by atoms with Crippen molar-refractivity contribution >= 4 is 21.6 Å². The van der Waals surface area contributed by atoms with Crippen molar-refractivity contribution in [2.75, 3.05) is 17.9 Å². The Labute approximate surface area is 168 Å². The molecule has 1 amide bonds. The highest BCUT2D eigenvalue weighted by molar-refractivity contribution is 7.92. The number of amides is 1. The predicted octanol–water partition coefficient (Wildman–Crippen LogP) is 3.90. The van der Waals surface area contributed by atoms with E-state index in [1.807, 2.05) is 26.0 Å². The molecule has 0 saturated heterocycles. The zero-order chi connectivity index (χ0) is 20.3. The van der Waals surface area contributed by atoms with Crippen LogP contribution in [0.4, 0.5) is 5.69 Å². The van der Waals surface area contributed by atoms with Gasteiger partial charge in [0.1, 0.15) is 6.54 Å². The number of rotatable bonds is 6. The molecule has 1 saturated carbocycles. The monoisotopic (exact) mass is 400 g/mol. The Morgan fingerprint density at radius 2 is 1.64 bits per heavy atom. The standard InChI is InChI=1S/C22H28N2O3S/c1-17-11-13-21(14-12-17)28(26,27)24(20-10-6-7-18(2)15-20)16-22(25)23(3)19-8-4-5-9-19/h6-7,10-15,19H,4-5,8-9,16H2,1-3H3. The Hall–Kier alpha value is -2.34. The summed E-state index contributed by atoms with van der Waals surface area (Å²) in [6.07, 6.45) is 4.20. The van der Waals surface area contributed by atoms with Crippen LogP contribution in [0.25, 0.3) is 0 Å². The highest BCUT2D eigenvalue weighted by Crippen LogP contribution is 2.27. The molecule has 3 rings (SSSR count). The third-order valence-corrected chi connectivity index (χ3v) is 7.23. The molecular weight excluding hydrogens is 372 g/mol. The van der Waals surface area contributed by atoms with Crippen molar-refractivity contribution in [2.45, 2.75) is 50.5 Å². The maximum Gasteiger partial charge on any atom is 0.264 e. The molecule has 6 heteroatoms. The molecule has 0 heterocycles. The maximum absolute atomic E-state index is 13.4. The molecule has 0 N–H and O–H groups in total. The SMILES string of the molecule is Cc1ccc(S(=O)(=O)N(CC(=O)N(C)C2CCCC2)c2cccc(C)c2)cc1. The summed E-state index contributed by atoms with van der Waals surface area (Å²) in [5, 5.41) is 0. The van der Waals surface area contributed by atoms with Crippen LogP contribution in [0.3, 0.4) is 0 Å². The summed E-state index contributed by atoms with van der Waals surface area (Å²) < 4.78 is 28.0. The van der Waals surface area contributed by atoms with Crippen LogP contribution in [0.5, 0.6) is 0 Å². The fourth-order valence-corrected chi connectivity index (χ4v) is 5.07. The van der Waals surface area contributed by atoms with E-state index >= 15 is 0 Å². The van der Waals surface area contributed by atoms with Gasteiger partial charge in [-0.15, -0.1) is 0 Å². The van der Waals surface area contributed by atoms with Gasteiger partial charge in [-0.05, 0) is 56.5 Å². The smallest absolute Gasteiger partial charge is 0.264 e. The Bertz CT molecular complexity index is 933. The van der Waals surface area contributed by atoms with Crippen LogP contribution in [0.15, 0.2) is 53.4 Å². The Morgan fingerprint density at radius 3 is 2.25 bits per heavy atom. The van der Waals surface area contributed by atoms with Crippen molar-refractivity contribution in [1.29, 1.82) is 0 Å². The highest BCUT2D eigenvalue weighted by atomic mass is 32.2. The van der Waals surface area contributed by atoms with E-state index < -0.39 is 10.0 Å². The second-order valence-corrected chi connectivity index (χ2v) is 9.47. The van der Waals surface area contributed by atoms with Crippen molar-refractivity contribution in [2.24, 2.45) is 0 Å². The van der Waals surface area contributed by atoms with E-state index in [4.69, 9.17) is 0 Å². The quantitative estimate of drug-likeness (QED) is 0.739. The average molecular weight is 401 g/mol. The number of benzene rings is 2. The van der Waals surface area contributed by atoms with E-state index in [0.717, 1.165) is 36.8 Å². The van der Waals surface area contributed by atoms with Crippen LogP contribution in [-0.4, -0.2) is 38.9 Å². The van der Waals surface area contributed by atoms with Crippen molar-refractivity contribution in [1.82, 2.24) is 4.90 Å². The second-order valence-electron chi connectivity index (χ2n) is 7.61. The summed E-state index contributed by atoms with van der Waals surface area (Å²) >= 11 is 0. The number of carbonyl (C=O) groups is 1. The van der Waals surface area contributed by atoms with Gasteiger partial charge in [0.15, 0.2) is 0 Å². The van der Waals surface area contributed by atoms with Crippen LogP contribution in [0.2, 0.25) is 0 Å². The third kappa shape index (κ3) is 4.38. The first kappa shape index (κ1) is 20.4. The minimum Gasteiger partial charge on any atom is -0.341 e. The van der Waals surface area contributed by atoms with Crippen LogP contribution >= 0.6 is 0 Å². The molecule has 0 unspecified atom stereocenters. The number of sulfonamides is 1. The fraction of sp³-hybridized carbons (Fsp3) is 0.409. The van der Waals surface area contributed by atoms with Gasteiger partial charge in [0.25, 0.3) is 10.0 Å².